The molecule has 100 valence electrons. The van der Waals surface area contributed by atoms with E-state index in [0.717, 1.165) is 11.3 Å². The van der Waals surface area contributed by atoms with Crippen LogP contribution in [0.15, 0.2) is 36.5 Å². The molecule has 0 fully saturated rings. The van der Waals surface area contributed by atoms with Gasteiger partial charge >= 0.3 is 0 Å². The van der Waals surface area contributed by atoms with Gasteiger partial charge in [-0.1, -0.05) is 17.7 Å². The number of carbonyl (C=O) groups excluding carboxylic acids is 1. The molecule has 0 unspecified atom stereocenters. The van der Waals surface area contributed by atoms with Crippen LogP contribution in [0.4, 0.5) is 10.5 Å². The van der Waals surface area contributed by atoms with Gasteiger partial charge in [-0.05, 0) is 32.0 Å². The number of hydrogen-bond donors (Lipinski definition) is 0. The second kappa shape index (κ2) is 5.56. The molecule has 0 N–H and O–H groups in total. The minimum Gasteiger partial charge on any atom is -0.530 e. The van der Waals surface area contributed by atoms with E-state index in [0.29, 0.717) is 18.8 Å². The smallest absolute Gasteiger partial charge is 0.141 e. The molecule has 2 aromatic rings. The van der Waals surface area contributed by atoms with Gasteiger partial charge in [0.15, 0.2) is 0 Å². The zero-order valence-electron chi connectivity index (χ0n) is 11.0. The maximum Gasteiger partial charge on any atom is 0.141 e. The highest BCUT2D eigenvalue weighted by Gasteiger charge is 2.07. The number of hydrogen-bond acceptors (Lipinski definition) is 3. The van der Waals surface area contributed by atoms with E-state index in [9.17, 15) is 9.90 Å². The standard InChI is InChI=1S/C14H17N3O2/c1-11-3-5-13(6-4-11)17(14(18)19)10-9-16-8-7-12(2)15-16/h3-8H,9-10H2,1-2H3,(H,18,19)/p-1. The highest BCUT2D eigenvalue weighted by Crippen LogP contribution is 2.14. The number of nitrogens with zero attached hydrogens (tertiary/aromatic N) is 3. The number of rotatable bonds is 4. The fourth-order valence-corrected chi connectivity index (χ4v) is 1.84. The van der Waals surface area contributed by atoms with Crippen molar-refractivity contribution in [2.45, 2.75) is 20.4 Å². The normalized spacial score (nSPS) is 10.4. The molecule has 0 bridgehead atoms. The van der Waals surface area contributed by atoms with Crippen LogP contribution in [0.25, 0.3) is 0 Å². The Morgan fingerprint density at radius 1 is 1.26 bits per heavy atom. The summed E-state index contributed by atoms with van der Waals surface area (Å²) < 4.78 is 1.72. The van der Waals surface area contributed by atoms with Crippen molar-refractivity contribution in [2.75, 3.05) is 11.4 Å². The number of aryl methyl sites for hydroxylation is 2. The Labute approximate surface area is 112 Å². The van der Waals surface area contributed by atoms with Crippen molar-refractivity contribution in [1.82, 2.24) is 9.78 Å². The van der Waals surface area contributed by atoms with E-state index in [1.807, 2.05) is 38.2 Å². The maximum absolute atomic E-state index is 11.2. The van der Waals surface area contributed by atoms with Gasteiger partial charge in [-0.2, -0.15) is 5.10 Å². The molecule has 0 spiro atoms. The highest BCUT2D eigenvalue weighted by molar-refractivity contribution is 5.84. The van der Waals surface area contributed by atoms with Gasteiger partial charge in [0, 0.05) is 18.4 Å². The Hall–Kier alpha value is -2.30. The van der Waals surface area contributed by atoms with E-state index in [1.165, 1.54) is 4.90 Å². The molecule has 1 amide bonds. The minimum absolute atomic E-state index is 0.312. The summed E-state index contributed by atoms with van der Waals surface area (Å²) in [5.74, 6) is 0. The molecule has 5 nitrogen and oxygen atoms in total. The Morgan fingerprint density at radius 3 is 2.47 bits per heavy atom. The van der Waals surface area contributed by atoms with E-state index in [1.54, 1.807) is 16.8 Å². The van der Waals surface area contributed by atoms with Crippen LogP contribution in [-0.4, -0.2) is 22.4 Å². The van der Waals surface area contributed by atoms with E-state index in [2.05, 4.69) is 5.10 Å². The summed E-state index contributed by atoms with van der Waals surface area (Å²) in [6.07, 6.45) is 0.630. The van der Waals surface area contributed by atoms with Gasteiger partial charge in [0.2, 0.25) is 0 Å². The van der Waals surface area contributed by atoms with Gasteiger partial charge in [-0.25, -0.2) is 0 Å². The van der Waals surface area contributed by atoms with Crippen molar-refractivity contribution in [1.29, 1.82) is 0 Å². The Bertz CT molecular complexity index is 560. The molecule has 0 atom stereocenters. The van der Waals surface area contributed by atoms with Crippen LogP contribution in [0.5, 0.6) is 0 Å². The predicted octanol–water partition coefficient (Wildman–Crippen LogP) is 1.35. The quantitative estimate of drug-likeness (QED) is 0.831. The summed E-state index contributed by atoms with van der Waals surface area (Å²) in [6.45, 7) is 4.66. The van der Waals surface area contributed by atoms with E-state index in [-0.39, 0.29) is 0 Å². The SMILES string of the molecule is Cc1ccc(N(CCn2ccc(C)n2)C(=O)[O-])cc1. The van der Waals surface area contributed by atoms with Gasteiger partial charge in [-0.15, -0.1) is 0 Å². The summed E-state index contributed by atoms with van der Waals surface area (Å²) in [5, 5.41) is 15.4. The molecule has 0 aliphatic carbocycles. The lowest BCUT2D eigenvalue weighted by atomic mass is 10.2. The molecule has 0 saturated heterocycles. The second-order valence-electron chi connectivity index (χ2n) is 4.47. The molecule has 5 heteroatoms. The van der Waals surface area contributed by atoms with Crippen LogP contribution in [0.3, 0.4) is 0 Å². The van der Waals surface area contributed by atoms with Crippen molar-refractivity contribution in [2.24, 2.45) is 0 Å². The first kappa shape index (κ1) is 13.1. The molecular weight excluding hydrogens is 242 g/mol. The second-order valence-corrected chi connectivity index (χ2v) is 4.47. The molecule has 19 heavy (non-hydrogen) atoms. The van der Waals surface area contributed by atoms with Crippen LogP contribution < -0.4 is 10.0 Å². The number of aromatic nitrogens is 2. The molecule has 0 aliphatic rings. The van der Waals surface area contributed by atoms with Gasteiger partial charge in [0.05, 0.1) is 12.2 Å². The first-order valence-electron chi connectivity index (χ1n) is 6.11. The lowest BCUT2D eigenvalue weighted by molar-refractivity contribution is -0.246. The predicted molar refractivity (Wildman–Crippen MR) is 70.9 cm³/mol. The summed E-state index contributed by atoms with van der Waals surface area (Å²) in [4.78, 5) is 12.4. The number of carbonyl (C=O) groups is 1. The first-order valence-corrected chi connectivity index (χ1v) is 6.11. The molecule has 0 aliphatic heterocycles. The van der Waals surface area contributed by atoms with Crippen LogP contribution in [0, 0.1) is 13.8 Å². The zero-order valence-corrected chi connectivity index (χ0v) is 11.0. The number of anilines is 1. The Kier molecular flexibility index (Phi) is 3.85. The lowest BCUT2D eigenvalue weighted by Gasteiger charge is -2.25. The van der Waals surface area contributed by atoms with Crippen molar-refractivity contribution >= 4 is 11.8 Å². The van der Waals surface area contributed by atoms with Crippen molar-refractivity contribution in [3.63, 3.8) is 0 Å². The average molecular weight is 258 g/mol. The highest BCUT2D eigenvalue weighted by atomic mass is 16.4. The largest absolute Gasteiger partial charge is 0.530 e. The Balaban J connectivity index is 2.08. The van der Waals surface area contributed by atoms with Gasteiger partial charge < -0.3 is 14.8 Å². The third-order valence-corrected chi connectivity index (χ3v) is 2.89. The fraction of sp³-hybridized carbons (Fsp3) is 0.286. The zero-order chi connectivity index (χ0) is 13.8. The molecule has 0 radical (unpaired) electrons. The summed E-state index contributed by atoms with van der Waals surface area (Å²) in [6, 6.07) is 9.20. The van der Waals surface area contributed by atoms with Gasteiger partial charge in [0.25, 0.3) is 0 Å². The van der Waals surface area contributed by atoms with Gasteiger partial charge in [-0.3, -0.25) is 4.68 Å². The topological polar surface area (TPSA) is 61.2 Å². The van der Waals surface area contributed by atoms with Crippen molar-refractivity contribution in [3.05, 3.63) is 47.8 Å². The number of amides is 1. The van der Waals surface area contributed by atoms with Crippen LogP contribution >= 0.6 is 0 Å². The molecular formula is C14H16N3O2-. The van der Waals surface area contributed by atoms with Crippen molar-refractivity contribution < 1.29 is 9.90 Å². The molecule has 1 heterocycles. The van der Waals surface area contributed by atoms with Crippen molar-refractivity contribution in [3.8, 4) is 0 Å². The monoisotopic (exact) mass is 258 g/mol. The Morgan fingerprint density at radius 2 is 1.95 bits per heavy atom. The molecule has 0 saturated carbocycles. The van der Waals surface area contributed by atoms with E-state index >= 15 is 0 Å². The summed E-state index contributed by atoms with van der Waals surface area (Å²) >= 11 is 0. The summed E-state index contributed by atoms with van der Waals surface area (Å²) in [7, 11) is 0. The number of benzene rings is 1. The number of carboxylic acid groups (broad SMARTS) is 1. The van der Waals surface area contributed by atoms with Crippen LogP contribution in [0.2, 0.25) is 0 Å². The maximum atomic E-state index is 11.2. The third kappa shape index (κ3) is 3.34. The van der Waals surface area contributed by atoms with Crippen LogP contribution in [-0.2, 0) is 6.54 Å². The third-order valence-electron chi connectivity index (χ3n) is 2.89. The van der Waals surface area contributed by atoms with Gasteiger partial charge in [0.1, 0.15) is 6.09 Å². The van der Waals surface area contributed by atoms with E-state index < -0.39 is 6.09 Å². The van der Waals surface area contributed by atoms with E-state index in [4.69, 9.17) is 0 Å². The average Bonchev–Trinajstić information content (AvgIpc) is 2.77. The van der Waals surface area contributed by atoms with Crippen LogP contribution in [0.1, 0.15) is 11.3 Å². The molecule has 1 aromatic heterocycles. The molecule has 2 rings (SSSR count). The lowest BCUT2D eigenvalue weighted by Crippen LogP contribution is -2.43. The first-order chi connectivity index (χ1) is 9.06. The summed E-state index contributed by atoms with van der Waals surface area (Å²) in [5.41, 5.74) is 2.62. The fourth-order valence-electron chi connectivity index (χ4n) is 1.84. The minimum atomic E-state index is -1.20. The molecule has 1 aromatic carbocycles.